The zero-order valence-corrected chi connectivity index (χ0v) is 11.2. The van der Waals surface area contributed by atoms with Crippen LogP contribution in [0.5, 0.6) is 0 Å². The Kier molecular flexibility index (Phi) is 3.65. The molecular weight excluding hydrogens is 260 g/mol. The van der Waals surface area contributed by atoms with E-state index in [1.165, 1.54) is 0 Å². The van der Waals surface area contributed by atoms with Crippen molar-refractivity contribution in [3.05, 3.63) is 35.9 Å². The zero-order valence-electron chi connectivity index (χ0n) is 11.2. The topological polar surface area (TPSA) is 74.8 Å². The molecule has 0 spiro atoms. The van der Waals surface area contributed by atoms with Crippen molar-refractivity contribution in [1.82, 2.24) is 9.80 Å². The molecule has 1 aliphatic heterocycles. The van der Waals surface area contributed by atoms with Gasteiger partial charge in [-0.25, -0.2) is 9.69 Å². The van der Waals surface area contributed by atoms with Gasteiger partial charge >= 0.3 is 17.8 Å². The van der Waals surface area contributed by atoms with Crippen molar-refractivity contribution >= 4 is 23.6 Å². The summed E-state index contributed by atoms with van der Waals surface area (Å²) in [5.74, 6) is -2.22. The van der Waals surface area contributed by atoms with Gasteiger partial charge in [0.25, 0.3) is 0 Å². The largest absolute Gasteiger partial charge is 0.334 e. The van der Waals surface area contributed by atoms with Gasteiger partial charge in [-0.1, -0.05) is 30.3 Å². The Morgan fingerprint density at radius 2 is 1.65 bits per heavy atom. The zero-order chi connectivity index (χ0) is 14.9. The molecule has 1 aromatic rings. The molecule has 1 aliphatic rings. The average molecular weight is 274 g/mol. The van der Waals surface area contributed by atoms with E-state index in [0.29, 0.717) is 10.5 Å². The minimum absolute atomic E-state index is 0.384. The van der Waals surface area contributed by atoms with Crippen molar-refractivity contribution in [2.75, 3.05) is 6.54 Å². The maximum atomic E-state index is 12.0. The first-order chi connectivity index (χ1) is 9.43. The van der Waals surface area contributed by atoms with Crippen LogP contribution in [0.15, 0.2) is 30.3 Å². The van der Waals surface area contributed by atoms with Crippen molar-refractivity contribution in [2.24, 2.45) is 0 Å². The first-order valence-corrected chi connectivity index (χ1v) is 6.20. The summed E-state index contributed by atoms with van der Waals surface area (Å²) in [5, 5.41) is 0. The number of rotatable bonds is 4. The van der Waals surface area contributed by atoms with Crippen LogP contribution in [-0.2, 0) is 9.59 Å². The minimum atomic E-state index is -0.951. The van der Waals surface area contributed by atoms with Gasteiger partial charge in [0.15, 0.2) is 5.78 Å². The Morgan fingerprint density at radius 3 is 2.15 bits per heavy atom. The summed E-state index contributed by atoms with van der Waals surface area (Å²) in [6.07, 6.45) is 0. The molecule has 104 valence electrons. The Balaban J connectivity index is 2.18. The highest BCUT2D eigenvalue weighted by Crippen LogP contribution is 2.16. The van der Waals surface area contributed by atoms with Gasteiger partial charge in [-0.2, -0.15) is 0 Å². The molecule has 0 N–H and O–H groups in total. The van der Waals surface area contributed by atoms with Gasteiger partial charge in [-0.05, 0) is 13.8 Å². The lowest BCUT2D eigenvalue weighted by Gasteiger charge is -2.17. The third-order valence-corrected chi connectivity index (χ3v) is 3.00. The molecule has 1 aromatic carbocycles. The fourth-order valence-corrected chi connectivity index (χ4v) is 1.98. The van der Waals surface area contributed by atoms with E-state index in [-0.39, 0.29) is 5.78 Å². The molecule has 2 rings (SSSR count). The number of carbonyl (C=O) groups is 4. The second-order valence-corrected chi connectivity index (χ2v) is 4.73. The van der Waals surface area contributed by atoms with E-state index >= 15 is 0 Å². The molecule has 1 fully saturated rings. The number of amides is 4. The van der Waals surface area contributed by atoms with E-state index in [2.05, 4.69) is 0 Å². The van der Waals surface area contributed by atoms with E-state index in [4.69, 9.17) is 0 Å². The van der Waals surface area contributed by atoms with Gasteiger partial charge in [0.1, 0.15) is 0 Å². The van der Waals surface area contributed by atoms with Crippen LogP contribution >= 0.6 is 0 Å². The lowest BCUT2D eigenvalue weighted by molar-refractivity contribution is -0.143. The van der Waals surface area contributed by atoms with Gasteiger partial charge in [0, 0.05) is 11.6 Å². The summed E-state index contributed by atoms with van der Waals surface area (Å²) in [7, 11) is 0. The van der Waals surface area contributed by atoms with Crippen LogP contribution < -0.4 is 0 Å². The summed E-state index contributed by atoms with van der Waals surface area (Å²) < 4.78 is 0. The highest BCUT2D eigenvalue weighted by molar-refractivity contribution is 6.45. The quantitative estimate of drug-likeness (QED) is 0.467. The standard InChI is InChI=1S/C14H14N2O4/c1-9(2)16-13(19)12(18)15(14(16)20)8-11(17)10-6-4-3-5-7-10/h3-7,9H,8H2,1-2H3. The third-order valence-electron chi connectivity index (χ3n) is 3.00. The summed E-state index contributed by atoms with van der Waals surface area (Å²) in [6, 6.07) is 7.16. The summed E-state index contributed by atoms with van der Waals surface area (Å²) in [5.41, 5.74) is 0.392. The molecule has 0 aromatic heterocycles. The molecule has 0 saturated carbocycles. The van der Waals surface area contributed by atoms with E-state index in [1.54, 1.807) is 44.2 Å². The van der Waals surface area contributed by atoms with Crippen LogP contribution in [0.4, 0.5) is 4.79 Å². The number of hydrogen-bond donors (Lipinski definition) is 0. The first-order valence-electron chi connectivity index (χ1n) is 6.20. The normalized spacial score (nSPS) is 15.4. The first kappa shape index (κ1) is 13.9. The van der Waals surface area contributed by atoms with Crippen LogP contribution in [0.3, 0.4) is 0 Å². The minimum Gasteiger partial charge on any atom is -0.292 e. The summed E-state index contributed by atoms with van der Waals surface area (Å²) in [4.78, 5) is 49.0. The van der Waals surface area contributed by atoms with Crippen molar-refractivity contribution in [3.8, 4) is 0 Å². The lowest BCUT2D eigenvalue weighted by atomic mass is 10.1. The van der Waals surface area contributed by atoms with Crippen molar-refractivity contribution in [2.45, 2.75) is 19.9 Å². The predicted molar refractivity (Wildman–Crippen MR) is 69.9 cm³/mol. The van der Waals surface area contributed by atoms with Gasteiger partial charge in [-0.15, -0.1) is 0 Å². The third kappa shape index (κ3) is 2.32. The number of imide groups is 2. The molecule has 0 atom stereocenters. The summed E-state index contributed by atoms with van der Waals surface area (Å²) in [6.45, 7) is 2.84. The Hall–Kier alpha value is -2.50. The molecule has 6 heteroatoms. The number of ketones is 1. The van der Waals surface area contributed by atoms with Crippen molar-refractivity contribution in [1.29, 1.82) is 0 Å². The van der Waals surface area contributed by atoms with E-state index in [9.17, 15) is 19.2 Å². The number of Topliss-reactive ketones (excluding diaryl/α,β-unsaturated/α-hetero) is 1. The van der Waals surface area contributed by atoms with E-state index in [1.807, 2.05) is 0 Å². The molecule has 6 nitrogen and oxygen atoms in total. The smallest absolute Gasteiger partial charge is 0.292 e. The highest BCUT2D eigenvalue weighted by atomic mass is 16.2. The molecule has 0 bridgehead atoms. The van der Waals surface area contributed by atoms with Crippen LogP contribution in [0.2, 0.25) is 0 Å². The summed E-state index contributed by atoms with van der Waals surface area (Å²) >= 11 is 0. The molecule has 1 saturated heterocycles. The average Bonchev–Trinajstić information content (AvgIpc) is 2.63. The van der Waals surface area contributed by atoms with E-state index < -0.39 is 30.4 Å². The van der Waals surface area contributed by atoms with Gasteiger partial charge in [0.05, 0.1) is 6.54 Å². The molecular formula is C14H14N2O4. The lowest BCUT2D eigenvalue weighted by Crippen LogP contribution is -2.39. The predicted octanol–water partition coefficient (Wildman–Crippen LogP) is 1.07. The monoisotopic (exact) mass is 274 g/mol. The second kappa shape index (κ2) is 5.24. The van der Waals surface area contributed by atoms with Crippen LogP contribution in [0, 0.1) is 0 Å². The van der Waals surface area contributed by atoms with Crippen LogP contribution in [0.1, 0.15) is 24.2 Å². The SMILES string of the molecule is CC(C)N1C(=O)C(=O)N(CC(=O)c2ccccc2)C1=O. The maximum Gasteiger partial charge on any atom is 0.334 e. The van der Waals surface area contributed by atoms with Crippen LogP contribution in [0.25, 0.3) is 0 Å². The number of urea groups is 1. The molecule has 4 amide bonds. The molecule has 0 unspecified atom stereocenters. The maximum absolute atomic E-state index is 12.0. The number of benzene rings is 1. The molecule has 0 radical (unpaired) electrons. The Bertz CT molecular complexity index is 580. The molecule has 0 aliphatic carbocycles. The second-order valence-electron chi connectivity index (χ2n) is 4.73. The molecule has 20 heavy (non-hydrogen) atoms. The number of carbonyl (C=O) groups excluding carboxylic acids is 4. The highest BCUT2D eigenvalue weighted by Gasteiger charge is 2.46. The Labute approximate surface area is 116 Å². The molecule has 1 heterocycles. The fraction of sp³-hybridized carbons (Fsp3) is 0.286. The van der Waals surface area contributed by atoms with Gasteiger partial charge in [0.2, 0.25) is 0 Å². The van der Waals surface area contributed by atoms with E-state index in [0.717, 1.165) is 4.90 Å². The van der Waals surface area contributed by atoms with Crippen LogP contribution in [-0.4, -0.2) is 46.0 Å². The number of hydrogen-bond acceptors (Lipinski definition) is 4. The van der Waals surface area contributed by atoms with Gasteiger partial charge in [-0.3, -0.25) is 19.3 Å². The number of nitrogens with zero attached hydrogens (tertiary/aromatic N) is 2. The van der Waals surface area contributed by atoms with Gasteiger partial charge < -0.3 is 0 Å². The fourth-order valence-electron chi connectivity index (χ4n) is 1.98. The van der Waals surface area contributed by atoms with Crippen molar-refractivity contribution in [3.63, 3.8) is 0 Å². The van der Waals surface area contributed by atoms with Crippen molar-refractivity contribution < 1.29 is 19.2 Å². The Morgan fingerprint density at radius 1 is 1.05 bits per heavy atom.